The third-order valence-corrected chi connectivity index (χ3v) is 11.3. The topological polar surface area (TPSA) is 26.6 Å². The number of hydrogen-bond acceptors (Lipinski definition) is 3. The van der Waals surface area contributed by atoms with E-state index in [1.165, 1.54) is 49.4 Å². The van der Waals surface area contributed by atoms with Crippen LogP contribution in [0.5, 0.6) is 0 Å². The molecule has 1 aliphatic carbocycles. The molecule has 0 unspecified atom stereocenters. The van der Waals surface area contributed by atoms with Gasteiger partial charge in [0.1, 0.15) is 0 Å². The minimum Gasteiger partial charge on any atom is -0.399 e. The van der Waals surface area contributed by atoms with E-state index in [0.717, 1.165) is 35.4 Å². The van der Waals surface area contributed by atoms with E-state index in [-0.39, 0.29) is 0 Å². The van der Waals surface area contributed by atoms with Crippen molar-refractivity contribution in [2.75, 3.05) is 4.90 Å². The molecule has 9 rings (SSSR count). The summed E-state index contributed by atoms with van der Waals surface area (Å²) in [6.07, 6.45) is 6.93. The fourth-order valence-electron chi connectivity index (χ4n) is 7.68. The van der Waals surface area contributed by atoms with Crippen molar-refractivity contribution in [3.05, 3.63) is 162 Å². The summed E-state index contributed by atoms with van der Waals surface area (Å²) in [6.45, 7) is 8.37. The fourth-order valence-corrected chi connectivity index (χ4v) is 7.68. The molecule has 0 radical (unpaired) electrons. The molecule has 0 spiro atoms. The Kier molecular flexibility index (Phi) is 8.22. The fraction of sp³-hybridized carbons (Fsp3) is 0.167. The lowest BCUT2D eigenvalue weighted by molar-refractivity contribution is 0.00578. The molecular weight excluding hydrogens is 647 g/mol. The van der Waals surface area contributed by atoms with Crippen LogP contribution in [0.1, 0.15) is 40.5 Å². The average Bonchev–Trinajstić information content (AvgIpc) is 3.64. The van der Waals surface area contributed by atoms with Crippen LogP contribution in [0.15, 0.2) is 152 Å². The number of para-hydroxylation sites is 1. The van der Waals surface area contributed by atoms with Crippen molar-refractivity contribution in [2.45, 2.75) is 51.7 Å². The number of benzene rings is 6. The monoisotopic (exact) mass is 690 g/mol. The molecule has 0 amide bonds. The van der Waals surface area contributed by atoms with E-state index >= 15 is 0 Å². The molecule has 0 bridgehead atoms. The first-order valence-electron chi connectivity index (χ1n) is 18.7. The molecule has 7 aromatic rings. The van der Waals surface area contributed by atoms with Crippen LogP contribution in [0.3, 0.4) is 0 Å². The van der Waals surface area contributed by atoms with Crippen LogP contribution in [0, 0.1) is 0 Å². The molecule has 1 fully saturated rings. The Hall–Kier alpha value is -5.62. The SMILES string of the molecule is CC1(C)OB(c2ccc(N(c3ccc(-c4ccccc4)cc3)c3ccc(-c4ccc5c(c4)c4c(n5-c5ccccc5)=CCCC=4)cc3)cc2)OC1(C)C. The molecule has 260 valence electrons. The van der Waals surface area contributed by atoms with Gasteiger partial charge in [-0.25, -0.2) is 0 Å². The first-order chi connectivity index (χ1) is 25.8. The Morgan fingerprint density at radius 2 is 1.02 bits per heavy atom. The molecule has 0 atom stereocenters. The number of hydrogen-bond donors (Lipinski definition) is 0. The number of rotatable bonds is 7. The summed E-state index contributed by atoms with van der Waals surface area (Å²) < 4.78 is 15.1. The summed E-state index contributed by atoms with van der Waals surface area (Å²) in [5, 5.41) is 3.93. The van der Waals surface area contributed by atoms with E-state index in [0.29, 0.717) is 0 Å². The summed E-state index contributed by atoms with van der Waals surface area (Å²) in [5.41, 5.74) is 10.7. The highest BCUT2D eigenvalue weighted by molar-refractivity contribution is 6.62. The van der Waals surface area contributed by atoms with Crippen molar-refractivity contribution in [3.8, 4) is 27.9 Å². The Morgan fingerprint density at radius 1 is 0.528 bits per heavy atom. The molecule has 0 N–H and O–H groups in total. The van der Waals surface area contributed by atoms with Gasteiger partial charge in [-0.3, -0.25) is 0 Å². The smallest absolute Gasteiger partial charge is 0.399 e. The van der Waals surface area contributed by atoms with Gasteiger partial charge in [-0.2, -0.15) is 0 Å². The lowest BCUT2D eigenvalue weighted by Crippen LogP contribution is -2.41. The van der Waals surface area contributed by atoms with Gasteiger partial charge in [0.15, 0.2) is 0 Å². The number of anilines is 3. The minimum atomic E-state index is -0.407. The Balaban J connectivity index is 1.08. The zero-order valence-electron chi connectivity index (χ0n) is 30.8. The van der Waals surface area contributed by atoms with Gasteiger partial charge in [0.25, 0.3) is 0 Å². The zero-order chi connectivity index (χ0) is 36.2. The molecule has 1 aliphatic heterocycles. The van der Waals surface area contributed by atoms with Crippen LogP contribution in [0.4, 0.5) is 17.1 Å². The second kappa shape index (κ2) is 13.1. The van der Waals surface area contributed by atoms with Gasteiger partial charge in [0, 0.05) is 38.7 Å². The predicted molar refractivity (Wildman–Crippen MR) is 222 cm³/mol. The van der Waals surface area contributed by atoms with Crippen LogP contribution in [0.2, 0.25) is 0 Å². The number of aromatic nitrogens is 1. The van der Waals surface area contributed by atoms with Crippen LogP contribution in [0.25, 0.3) is 51.0 Å². The highest BCUT2D eigenvalue weighted by Crippen LogP contribution is 2.39. The maximum atomic E-state index is 6.37. The van der Waals surface area contributed by atoms with Gasteiger partial charge in [-0.05, 0) is 129 Å². The van der Waals surface area contributed by atoms with Gasteiger partial charge in [-0.1, -0.05) is 103 Å². The lowest BCUT2D eigenvalue weighted by Gasteiger charge is -2.32. The number of fused-ring (bicyclic) bond motifs is 3. The van der Waals surface area contributed by atoms with E-state index in [9.17, 15) is 0 Å². The van der Waals surface area contributed by atoms with E-state index in [1.54, 1.807) is 0 Å². The first-order valence-corrected chi connectivity index (χ1v) is 18.7. The van der Waals surface area contributed by atoms with Crippen molar-refractivity contribution in [2.24, 2.45) is 0 Å². The average molecular weight is 691 g/mol. The molecule has 53 heavy (non-hydrogen) atoms. The molecule has 4 nitrogen and oxygen atoms in total. The molecular formula is C48H43BN2O2. The molecule has 1 aromatic heterocycles. The molecule has 1 saturated heterocycles. The van der Waals surface area contributed by atoms with Gasteiger partial charge >= 0.3 is 7.12 Å². The van der Waals surface area contributed by atoms with Gasteiger partial charge in [0.05, 0.1) is 16.7 Å². The second-order valence-corrected chi connectivity index (χ2v) is 15.2. The third-order valence-electron chi connectivity index (χ3n) is 11.3. The van der Waals surface area contributed by atoms with Crippen molar-refractivity contribution < 1.29 is 9.31 Å². The minimum absolute atomic E-state index is 0.392. The second-order valence-electron chi connectivity index (χ2n) is 15.2. The molecule has 0 saturated carbocycles. The van der Waals surface area contributed by atoms with Gasteiger partial charge in [0.2, 0.25) is 0 Å². The summed E-state index contributed by atoms with van der Waals surface area (Å²) in [5.74, 6) is 0. The van der Waals surface area contributed by atoms with Crippen LogP contribution in [-0.2, 0) is 9.31 Å². The van der Waals surface area contributed by atoms with Gasteiger partial charge < -0.3 is 18.8 Å². The first kappa shape index (κ1) is 33.2. The third kappa shape index (κ3) is 6.00. The molecule has 6 aromatic carbocycles. The summed E-state index contributed by atoms with van der Waals surface area (Å²) in [4.78, 5) is 2.32. The van der Waals surface area contributed by atoms with E-state index in [2.05, 4.69) is 201 Å². The van der Waals surface area contributed by atoms with Crippen molar-refractivity contribution >= 4 is 52.7 Å². The standard InChI is InChI=1S/C48H43BN2O2/c1-47(2)48(3,4)53-49(52-47)38-24-30-42(31-25-38)50(40-26-19-35(20-27-40)34-13-7-5-8-14-34)41-28-21-36(22-29-41)37-23-32-46-44(33-37)43-17-11-12-18-45(43)51(46)39-15-9-6-10-16-39/h5-10,13-33H,11-12H2,1-4H3. The normalized spacial score (nSPS) is 15.8. The zero-order valence-corrected chi connectivity index (χ0v) is 30.8. The molecule has 2 heterocycles. The quantitative estimate of drug-likeness (QED) is 0.156. The number of nitrogens with zero attached hydrogens (tertiary/aromatic N) is 2. The summed E-state index contributed by atoms with van der Waals surface area (Å²) in [7, 11) is -0.407. The maximum absolute atomic E-state index is 6.37. The van der Waals surface area contributed by atoms with Crippen LogP contribution < -0.4 is 20.9 Å². The maximum Gasteiger partial charge on any atom is 0.494 e. The predicted octanol–water partition coefficient (Wildman–Crippen LogP) is 10.1. The molecule has 5 heteroatoms. The van der Waals surface area contributed by atoms with Crippen molar-refractivity contribution in [3.63, 3.8) is 0 Å². The highest BCUT2D eigenvalue weighted by atomic mass is 16.7. The van der Waals surface area contributed by atoms with Gasteiger partial charge in [-0.15, -0.1) is 0 Å². The van der Waals surface area contributed by atoms with E-state index < -0.39 is 18.3 Å². The highest BCUT2D eigenvalue weighted by Gasteiger charge is 2.51. The summed E-state index contributed by atoms with van der Waals surface area (Å²) in [6, 6.07) is 54.5. The van der Waals surface area contributed by atoms with E-state index in [4.69, 9.17) is 9.31 Å². The summed E-state index contributed by atoms with van der Waals surface area (Å²) >= 11 is 0. The van der Waals surface area contributed by atoms with Crippen LogP contribution >= 0.6 is 0 Å². The van der Waals surface area contributed by atoms with Crippen molar-refractivity contribution in [1.82, 2.24) is 4.57 Å². The molecule has 2 aliphatic rings. The largest absolute Gasteiger partial charge is 0.494 e. The Morgan fingerprint density at radius 3 is 1.62 bits per heavy atom. The lowest BCUT2D eigenvalue weighted by atomic mass is 9.79. The van der Waals surface area contributed by atoms with E-state index in [1.807, 2.05) is 0 Å². The van der Waals surface area contributed by atoms with Crippen molar-refractivity contribution in [1.29, 1.82) is 0 Å². The Bertz CT molecular complexity index is 2520. The Labute approximate surface area is 312 Å². The van der Waals surface area contributed by atoms with Crippen LogP contribution in [-0.4, -0.2) is 22.9 Å².